The van der Waals surface area contributed by atoms with Gasteiger partial charge in [0.05, 0.1) is 0 Å². The van der Waals surface area contributed by atoms with Crippen LogP contribution in [0.4, 0.5) is 10.5 Å². The van der Waals surface area contributed by atoms with E-state index in [-0.39, 0.29) is 11.8 Å². The lowest BCUT2D eigenvalue weighted by Crippen LogP contribution is -2.40. The van der Waals surface area contributed by atoms with Gasteiger partial charge in [0, 0.05) is 23.8 Å². The molecule has 2 N–H and O–H groups in total. The van der Waals surface area contributed by atoms with Gasteiger partial charge in [-0.05, 0) is 60.7 Å². The lowest BCUT2D eigenvalue weighted by Gasteiger charge is -2.32. The lowest BCUT2D eigenvalue weighted by atomic mass is 9.89. The molecule has 1 aliphatic rings. The number of hydrogen-bond donors (Lipinski definition) is 2. The monoisotopic (exact) mass is 330 g/mol. The first-order valence-corrected chi connectivity index (χ1v) is 8.10. The third kappa shape index (κ3) is 3.96. The first kappa shape index (κ1) is 15.7. The highest BCUT2D eigenvalue weighted by Crippen LogP contribution is 2.29. The minimum atomic E-state index is -0.0727. The van der Waals surface area contributed by atoms with Crippen molar-refractivity contribution in [3.05, 3.63) is 59.1 Å². The maximum atomic E-state index is 12.3. The van der Waals surface area contributed by atoms with Gasteiger partial charge in [0.1, 0.15) is 5.75 Å². The van der Waals surface area contributed by atoms with Crippen LogP contribution in [0.25, 0.3) is 0 Å². The molecule has 0 saturated carbocycles. The van der Waals surface area contributed by atoms with Crippen molar-refractivity contribution in [2.75, 3.05) is 18.4 Å². The fraction of sp³-hybridized carbons (Fsp3) is 0.278. The van der Waals surface area contributed by atoms with E-state index in [1.165, 1.54) is 5.56 Å². The van der Waals surface area contributed by atoms with Crippen molar-refractivity contribution in [3.8, 4) is 5.75 Å². The number of piperidine rings is 1. The number of nitrogens with one attached hydrogen (secondary N) is 1. The van der Waals surface area contributed by atoms with E-state index < -0.39 is 0 Å². The van der Waals surface area contributed by atoms with E-state index in [4.69, 9.17) is 11.6 Å². The molecule has 0 radical (unpaired) electrons. The molecule has 1 fully saturated rings. The summed E-state index contributed by atoms with van der Waals surface area (Å²) in [5.41, 5.74) is 1.97. The highest BCUT2D eigenvalue weighted by molar-refractivity contribution is 6.30. The third-order valence-corrected chi connectivity index (χ3v) is 4.49. The summed E-state index contributed by atoms with van der Waals surface area (Å²) in [4.78, 5) is 14.1. The smallest absolute Gasteiger partial charge is 0.321 e. The first-order valence-electron chi connectivity index (χ1n) is 7.72. The van der Waals surface area contributed by atoms with Gasteiger partial charge < -0.3 is 15.3 Å². The van der Waals surface area contributed by atoms with E-state index in [1.807, 2.05) is 17.0 Å². The van der Waals surface area contributed by atoms with Gasteiger partial charge in [-0.2, -0.15) is 0 Å². The van der Waals surface area contributed by atoms with Crippen LogP contribution in [0.3, 0.4) is 0 Å². The molecule has 0 spiro atoms. The number of rotatable bonds is 2. The molecule has 1 saturated heterocycles. The average molecular weight is 331 g/mol. The van der Waals surface area contributed by atoms with Crippen molar-refractivity contribution < 1.29 is 9.90 Å². The van der Waals surface area contributed by atoms with Gasteiger partial charge in [0.25, 0.3) is 0 Å². The van der Waals surface area contributed by atoms with Crippen LogP contribution in [-0.4, -0.2) is 29.1 Å². The third-order valence-electron chi connectivity index (χ3n) is 4.24. The summed E-state index contributed by atoms with van der Waals surface area (Å²) in [5.74, 6) is 0.726. The molecule has 4 nitrogen and oxygen atoms in total. The Kier molecular flexibility index (Phi) is 4.72. The Morgan fingerprint density at radius 1 is 1.04 bits per heavy atom. The molecule has 0 aliphatic carbocycles. The van der Waals surface area contributed by atoms with E-state index >= 15 is 0 Å². The van der Waals surface area contributed by atoms with Crippen LogP contribution in [0.1, 0.15) is 24.3 Å². The van der Waals surface area contributed by atoms with Crippen molar-refractivity contribution in [2.24, 2.45) is 0 Å². The van der Waals surface area contributed by atoms with Gasteiger partial charge >= 0.3 is 6.03 Å². The number of amides is 2. The molecule has 2 aromatic carbocycles. The number of phenolic OH excluding ortho intramolecular Hbond substituents is 1. The molecule has 23 heavy (non-hydrogen) atoms. The molecule has 0 aromatic heterocycles. The molecule has 0 atom stereocenters. The van der Waals surface area contributed by atoms with Crippen molar-refractivity contribution >= 4 is 23.3 Å². The molecule has 0 bridgehead atoms. The normalized spacial score (nSPS) is 15.4. The summed E-state index contributed by atoms with van der Waals surface area (Å²) in [6, 6.07) is 14.4. The maximum absolute atomic E-state index is 12.3. The van der Waals surface area contributed by atoms with Gasteiger partial charge in [0.15, 0.2) is 0 Å². The van der Waals surface area contributed by atoms with Crippen molar-refractivity contribution in [1.82, 2.24) is 4.90 Å². The number of benzene rings is 2. The van der Waals surface area contributed by atoms with Crippen LogP contribution < -0.4 is 5.32 Å². The van der Waals surface area contributed by atoms with Crippen molar-refractivity contribution in [2.45, 2.75) is 18.8 Å². The Balaban J connectivity index is 1.54. The summed E-state index contributed by atoms with van der Waals surface area (Å²) in [5, 5.41) is 12.9. The fourth-order valence-electron chi connectivity index (χ4n) is 2.90. The molecule has 120 valence electrons. The Bertz CT molecular complexity index is 662. The predicted molar refractivity (Wildman–Crippen MR) is 92.1 cm³/mol. The maximum Gasteiger partial charge on any atom is 0.321 e. The van der Waals surface area contributed by atoms with E-state index in [0.29, 0.717) is 10.9 Å². The largest absolute Gasteiger partial charge is 0.508 e. The van der Waals surface area contributed by atoms with Crippen LogP contribution in [-0.2, 0) is 0 Å². The second kappa shape index (κ2) is 6.92. The molecular weight excluding hydrogens is 312 g/mol. The zero-order valence-corrected chi connectivity index (χ0v) is 13.5. The van der Waals surface area contributed by atoms with Crippen LogP contribution in [0.2, 0.25) is 5.02 Å². The van der Waals surface area contributed by atoms with Crippen molar-refractivity contribution in [1.29, 1.82) is 0 Å². The van der Waals surface area contributed by atoms with Gasteiger partial charge in [-0.15, -0.1) is 0 Å². The highest BCUT2D eigenvalue weighted by atomic mass is 35.5. The zero-order chi connectivity index (χ0) is 16.2. The molecule has 5 heteroatoms. The topological polar surface area (TPSA) is 52.6 Å². The molecule has 1 aliphatic heterocycles. The Labute approximate surface area is 140 Å². The number of carbonyl (C=O) groups is 1. The van der Waals surface area contributed by atoms with Crippen molar-refractivity contribution in [3.63, 3.8) is 0 Å². The minimum absolute atomic E-state index is 0.0727. The Hall–Kier alpha value is -2.20. The van der Waals surface area contributed by atoms with E-state index in [0.717, 1.165) is 31.6 Å². The molecule has 2 aromatic rings. The van der Waals surface area contributed by atoms with E-state index in [2.05, 4.69) is 5.32 Å². The van der Waals surface area contributed by atoms with E-state index in [1.54, 1.807) is 36.4 Å². The van der Waals surface area contributed by atoms with Gasteiger partial charge in [0.2, 0.25) is 0 Å². The first-order chi connectivity index (χ1) is 11.1. The number of carbonyl (C=O) groups excluding carboxylic acids is 1. The fourth-order valence-corrected chi connectivity index (χ4v) is 3.02. The van der Waals surface area contributed by atoms with E-state index in [9.17, 15) is 9.90 Å². The standard InChI is InChI=1S/C18H19ClN2O2/c19-15-3-5-16(6-4-15)20-18(23)21-11-9-14(10-12-21)13-1-7-17(22)8-2-13/h1-8,14,22H,9-12H2,(H,20,23). The number of urea groups is 1. The van der Waals surface area contributed by atoms with Gasteiger partial charge in [-0.1, -0.05) is 23.7 Å². The van der Waals surface area contributed by atoms with Gasteiger partial charge in [-0.25, -0.2) is 4.79 Å². The average Bonchev–Trinajstić information content (AvgIpc) is 2.58. The summed E-state index contributed by atoms with van der Waals surface area (Å²) in [6.07, 6.45) is 1.86. The molecular formula is C18H19ClN2O2. The number of hydrogen-bond acceptors (Lipinski definition) is 2. The zero-order valence-electron chi connectivity index (χ0n) is 12.7. The second-order valence-electron chi connectivity index (χ2n) is 5.79. The quantitative estimate of drug-likeness (QED) is 0.854. The number of phenols is 1. The number of halogens is 1. The SMILES string of the molecule is O=C(Nc1ccc(Cl)cc1)N1CCC(c2ccc(O)cc2)CC1. The number of aromatic hydroxyl groups is 1. The molecule has 2 amide bonds. The van der Waals surface area contributed by atoms with Crippen LogP contribution >= 0.6 is 11.6 Å². The molecule has 3 rings (SSSR count). The predicted octanol–water partition coefficient (Wildman–Crippen LogP) is 4.46. The van der Waals surface area contributed by atoms with Crippen LogP contribution in [0.5, 0.6) is 5.75 Å². The summed E-state index contributed by atoms with van der Waals surface area (Å²) in [7, 11) is 0. The van der Waals surface area contributed by atoms with Gasteiger partial charge in [-0.3, -0.25) is 0 Å². The molecule has 1 heterocycles. The summed E-state index contributed by atoms with van der Waals surface area (Å²) < 4.78 is 0. The Morgan fingerprint density at radius 2 is 1.65 bits per heavy atom. The Morgan fingerprint density at radius 3 is 2.26 bits per heavy atom. The molecule has 0 unspecified atom stereocenters. The number of nitrogens with zero attached hydrogens (tertiary/aromatic N) is 1. The summed E-state index contributed by atoms with van der Waals surface area (Å²) >= 11 is 5.84. The lowest BCUT2D eigenvalue weighted by molar-refractivity contribution is 0.194. The van der Waals surface area contributed by atoms with Crippen LogP contribution in [0, 0.1) is 0 Å². The summed E-state index contributed by atoms with van der Waals surface area (Å²) in [6.45, 7) is 1.45. The minimum Gasteiger partial charge on any atom is -0.508 e. The highest BCUT2D eigenvalue weighted by Gasteiger charge is 2.23. The second-order valence-corrected chi connectivity index (χ2v) is 6.23. The number of anilines is 1. The number of likely N-dealkylation sites (tertiary alicyclic amines) is 1. The van der Waals surface area contributed by atoms with Crippen LogP contribution in [0.15, 0.2) is 48.5 Å².